The lowest BCUT2D eigenvalue weighted by Crippen LogP contribution is -1.98. The average molecular weight is 260 g/mol. The van der Waals surface area contributed by atoms with E-state index in [0.717, 1.165) is 12.7 Å². The Morgan fingerprint density at radius 3 is 2.68 bits per heavy atom. The van der Waals surface area contributed by atoms with Crippen LogP contribution in [0.5, 0.6) is 11.5 Å². The van der Waals surface area contributed by atoms with Crippen molar-refractivity contribution in [2.45, 2.75) is 6.42 Å². The van der Waals surface area contributed by atoms with Crippen molar-refractivity contribution in [1.82, 2.24) is 5.16 Å². The van der Waals surface area contributed by atoms with Gasteiger partial charge in [-0.3, -0.25) is 4.79 Å². The van der Waals surface area contributed by atoms with Gasteiger partial charge in [-0.05, 0) is 12.1 Å². The molecule has 6 nitrogen and oxygen atoms in total. The van der Waals surface area contributed by atoms with Gasteiger partial charge in [0.1, 0.15) is 5.69 Å². The van der Waals surface area contributed by atoms with Gasteiger partial charge in [-0.1, -0.05) is 5.16 Å². The van der Waals surface area contributed by atoms with Crippen LogP contribution in [-0.2, 0) is 0 Å². The fourth-order valence-corrected chi connectivity index (χ4v) is 1.99. The minimum atomic E-state index is 0.220. The molecule has 0 atom stereocenters. The Morgan fingerprint density at radius 2 is 2.00 bits per heavy atom. The number of hydrogen-bond acceptors (Lipinski definition) is 6. The summed E-state index contributed by atoms with van der Waals surface area (Å²) in [5.74, 6) is 1.18. The second kappa shape index (κ2) is 4.64. The molecule has 0 bridgehead atoms. The van der Waals surface area contributed by atoms with Crippen LogP contribution in [-0.4, -0.2) is 24.7 Å². The predicted molar refractivity (Wildman–Crippen MR) is 67.3 cm³/mol. The summed E-state index contributed by atoms with van der Waals surface area (Å²) in [6, 6.07) is 5.01. The zero-order valence-electron chi connectivity index (χ0n) is 10.1. The van der Waals surface area contributed by atoms with E-state index in [1.807, 2.05) is 0 Å². The first-order valence-electron chi connectivity index (χ1n) is 5.90. The first kappa shape index (κ1) is 11.6. The summed E-state index contributed by atoms with van der Waals surface area (Å²) in [6.07, 6.45) is 1.50. The molecular formula is C13H12N2O4. The first-order valence-corrected chi connectivity index (χ1v) is 5.90. The molecule has 0 fully saturated rings. The fraction of sp³-hybridized carbons (Fsp3) is 0.231. The molecular weight excluding hydrogens is 248 g/mol. The van der Waals surface area contributed by atoms with E-state index >= 15 is 0 Å². The van der Waals surface area contributed by atoms with Crippen molar-refractivity contribution >= 4 is 12.2 Å². The number of carbonyl (C=O) groups is 1. The smallest absolute Gasteiger partial charge is 0.222 e. The zero-order valence-corrected chi connectivity index (χ0v) is 10.1. The van der Waals surface area contributed by atoms with Crippen molar-refractivity contribution in [2.24, 2.45) is 0 Å². The molecule has 0 unspecified atom stereocenters. The van der Waals surface area contributed by atoms with Crippen molar-refractivity contribution in [1.29, 1.82) is 0 Å². The van der Waals surface area contributed by atoms with Gasteiger partial charge in [-0.25, -0.2) is 0 Å². The first-order chi connectivity index (χ1) is 9.29. The normalized spacial score (nSPS) is 13.9. The van der Waals surface area contributed by atoms with Crippen LogP contribution in [0, 0.1) is 0 Å². The van der Waals surface area contributed by atoms with E-state index in [1.54, 1.807) is 18.2 Å². The summed E-state index contributed by atoms with van der Waals surface area (Å²) in [7, 11) is 0. The number of aromatic nitrogens is 1. The van der Waals surface area contributed by atoms with E-state index < -0.39 is 0 Å². The molecule has 2 aromatic rings. The van der Waals surface area contributed by atoms with Gasteiger partial charge in [0.25, 0.3) is 0 Å². The second-order valence-electron chi connectivity index (χ2n) is 4.14. The molecule has 0 amide bonds. The Bertz CT molecular complexity index is 621. The number of carbonyl (C=O) groups excluding carboxylic acids is 1. The highest BCUT2D eigenvalue weighted by Crippen LogP contribution is 2.41. The highest BCUT2D eigenvalue weighted by molar-refractivity contribution is 5.86. The third-order valence-electron chi connectivity index (χ3n) is 2.86. The van der Waals surface area contributed by atoms with Crippen molar-refractivity contribution in [2.75, 3.05) is 18.9 Å². The Balaban J connectivity index is 2.18. The molecule has 0 spiro atoms. The average Bonchev–Trinajstić information content (AvgIpc) is 2.71. The van der Waals surface area contributed by atoms with Crippen molar-refractivity contribution in [3.8, 4) is 22.8 Å². The van der Waals surface area contributed by atoms with Crippen LogP contribution >= 0.6 is 0 Å². The molecule has 0 saturated heterocycles. The van der Waals surface area contributed by atoms with Crippen LogP contribution in [0.25, 0.3) is 11.3 Å². The van der Waals surface area contributed by atoms with Crippen molar-refractivity contribution in [3.05, 3.63) is 23.8 Å². The molecule has 2 heterocycles. The largest absolute Gasteiger partial charge is 0.489 e. The fourth-order valence-electron chi connectivity index (χ4n) is 1.99. The van der Waals surface area contributed by atoms with Crippen LogP contribution in [0.2, 0.25) is 0 Å². The summed E-state index contributed by atoms with van der Waals surface area (Å²) < 4.78 is 16.1. The maximum Gasteiger partial charge on any atom is 0.222 e. The number of hydrogen-bond donors (Lipinski definition) is 1. The minimum Gasteiger partial charge on any atom is -0.489 e. The van der Waals surface area contributed by atoms with E-state index in [9.17, 15) is 4.79 Å². The van der Waals surface area contributed by atoms with Crippen LogP contribution in [0.1, 0.15) is 16.8 Å². The molecule has 0 saturated carbocycles. The van der Waals surface area contributed by atoms with Gasteiger partial charge in [-0.2, -0.15) is 0 Å². The molecule has 1 aliphatic heterocycles. The van der Waals surface area contributed by atoms with E-state index in [1.165, 1.54) is 0 Å². The van der Waals surface area contributed by atoms with Gasteiger partial charge < -0.3 is 19.7 Å². The number of benzene rings is 1. The monoisotopic (exact) mass is 260 g/mol. The maximum atomic E-state index is 11.1. The summed E-state index contributed by atoms with van der Waals surface area (Å²) in [6.45, 7) is 1.04. The topological polar surface area (TPSA) is 87.6 Å². The summed E-state index contributed by atoms with van der Waals surface area (Å²) >= 11 is 0. The number of nitrogens with two attached hydrogens (primary N) is 1. The van der Waals surface area contributed by atoms with Gasteiger partial charge in [0.2, 0.25) is 5.88 Å². The molecule has 0 aliphatic carbocycles. The number of anilines is 1. The number of rotatable bonds is 2. The van der Waals surface area contributed by atoms with Crippen LogP contribution in [0.4, 0.5) is 5.88 Å². The zero-order chi connectivity index (χ0) is 13.2. The number of aldehydes is 1. The van der Waals surface area contributed by atoms with Crippen molar-refractivity contribution in [3.63, 3.8) is 0 Å². The van der Waals surface area contributed by atoms with Crippen LogP contribution in [0.3, 0.4) is 0 Å². The van der Waals surface area contributed by atoms with Crippen LogP contribution in [0.15, 0.2) is 22.7 Å². The molecule has 1 aliphatic rings. The van der Waals surface area contributed by atoms with E-state index in [2.05, 4.69) is 5.16 Å². The maximum absolute atomic E-state index is 11.1. The Morgan fingerprint density at radius 1 is 1.21 bits per heavy atom. The van der Waals surface area contributed by atoms with Gasteiger partial charge >= 0.3 is 0 Å². The minimum absolute atomic E-state index is 0.220. The summed E-state index contributed by atoms with van der Waals surface area (Å²) in [4.78, 5) is 11.1. The van der Waals surface area contributed by atoms with E-state index in [-0.39, 0.29) is 5.88 Å². The van der Waals surface area contributed by atoms with E-state index in [0.29, 0.717) is 41.5 Å². The molecule has 1 aromatic heterocycles. The second-order valence-corrected chi connectivity index (χ2v) is 4.14. The third kappa shape index (κ3) is 2.01. The Labute approximate surface area is 109 Å². The molecule has 98 valence electrons. The lowest BCUT2D eigenvalue weighted by molar-refractivity contribution is 0.111. The van der Waals surface area contributed by atoms with Gasteiger partial charge in [0, 0.05) is 18.1 Å². The molecule has 3 rings (SSSR count). The standard InChI is InChI=1S/C13H12N2O4/c14-11-6-10(15-19-11)9-3-2-8(7-16)12-13(9)18-5-1-4-17-12/h2-3,6-7H,1,4-5,14H2. The number of fused-ring (bicyclic) bond motifs is 1. The predicted octanol–water partition coefficient (Wildman–Crippen LogP) is 1.90. The van der Waals surface area contributed by atoms with Gasteiger partial charge in [0.05, 0.1) is 18.8 Å². The SMILES string of the molecule is Nc1cc(-c2ccc(C=O)c3c2OCCCO3)no1. The number of ether oxygens (including phenoxy) is 2. The molecule has 1 aromatic carbocycles. The third-order valence-corrected chi connectivity index (χ3v) is 2.86. The Kier molecular flexibility index (Phi) is 2.83. The van der Waals surface area contributed by atoms with E-state index in [4.69, 9.17) is 19.7 Å². The lowest BCUT2D eigenvalue weighted by Gasteiger charge is -2.12. The van der Waals surface area contributed by atoms with Gasteiger partial charge in [-0.15, -0.1) is 0 Å². The highest BCUT2D eigenvalue weighted by Gasteiger charge is 2.21. The summed E-state index contributed by atoms with van der Waals surface area (Å²) in [5, 5.41) is 3.86. The van der Waals surface area contributed by atoms with Gasteiger partial charge in [0.15, 0.2) is 17.8 Å². The molecule has 19 heavy (non-hydrogen) atoms. The molecule has 0 radical (unpaired) electrons. The molecule has 2 N–H and O–H groups in total. The number of nitrogen functional groups attached to an aromatic ring is 1. The molecule has 6 heteroatoms. The quantitative estimate of drug-likeness (QED) is 0.830. The van der Waals surface area contributed by atoms with Crippen LogP contribution < -0.4 is 15.2 Å². The summed E-state index contributed by atoms with van der Waals surface area (Å²) in [5.41, 5.74) is 7.23. The van der Waals surface area contributed by atoms with Crippen molar-refractivity contribution < 1.29 is 18.8 Å². The lowest BCUT2D eigenvalue weighted by atomic mass is 10.1. The number of nitrogens with zero attached hydrogens (tertiary/aromatic N) is 1. The Hall–Kier alpha value is -2.50. The highest BCUT2D eigenvalue weighted by atomic mass is 16.5.